The van der Waals surface area contributed by atoms with Gasteiger partial charge in [-0.2, -0.15) is 0 Å². The quantitative estimate of drug-likeness (QED) is 0.142. The summed E-state index contributed by atoms with van der Waals surface area (Å²) >= 11 is 0. The van der Waals surface area contributed by atoms with Crippen LogP contribution in [0.3, 0.4) is 0 Å². The normalized spacial score (nSPS) is 13.3. The van der Waals surface area contributed by atoms with Crippen LogP contribution < -0.4 is 32.7 Å². The average molecular weight is 418 g/mol. The molecule has 164 valence electrons. The number of nitrogens with two attached hydrogens (primary N) is 2. The van der Waals surface area contributed by atoms with Gasteiger partial charge >= 0.3 is 5.97 Å². The minimum absolute atomic E-state index is 0.219. The fourth-order valence-electron chi connectivity index (χ4n) is 1.92. The lowest BCUT2D eigenvalue weighted by Crippen LogP contribution is -2.56. The summed E-state index contributed by atoms with van der Waals surface area (Å²) in [7, 11) is 0. The highest BCUT2D eigenvalue weighted by Crippen LogP contribution is 1.99. The monoisotopic (exact) mass is 418 g/mol. The van der Waals surface area contributed by atoms with Crippen molar-refractivity contribution in [1.82, 2.24) is 21.3 Å². The van der Waals surface area contributed by atoms with E-state index in [1.807, 2.05) is 0 Å². The molecule has 0 fully saturated rings. The Morgan fingerprint density at radius 3 is 2.03 bits per heavy atom. The van der Waals surface area contributed by atoms with Crippen molar-refractivity contribution < 1.29 is 39.0 Å². The Bertz CT molecular complexity index is 640. The third kappa shape index (κ3) is 10.6. The summed E-state index contributed by atoms with van der Waals surface area (Å²) in [6.45, 7) is -0.578. The first-order chi connectivity index (χ1) is 13.5. The smallest absolute Gasteiger partial charge is 0.325 e. The predicted molar refractivity (Wildman–Crippen MR) is 96.7 cm³/mol. The number of carboxylic acid groups (broad SMARTS) is 1. The summed E-state index contributed by atoms with van der Waals surface area (Å²) in [6, 6.07) is -3.89. The van der Waals surface area contributed by atoms with Gasteiger partial charge in [-0.25, -0.2) is 0 Å². The van der Waals surface area contributed by atoms with E-state index in [0.29, 0.717) is 0 Å². The predicted octanol–water partition coefficient (Wildman–Crippen LogP) is -5.12. The lowest BCUT2D eigenvalue weighted by molar-refractivity contribution is -0.141. The van der Waals surface area contributed by atoms with E-state index in [0.717, 1.165) is 0 Å². The molecule has 0 heterocycles. The van der Waals surface area contributed by atoms with Crippen LogP contribution in [0, 0.1) is 0 Å². The van der Waals surface area contributed by atoms with Gasteiger partial charge in [0.1, 0.15) is 18.1 Å². The number of primary amides is 1. The van der Waals surface area contributed by atoms with E-state index in [-0.39, 0.29) is 12.8 Å². The average Bonchev–Trinajstić information content (AvgIpc) is 2.66. The molecule has 0 radical (unpaired) electrons. The Labute approximate surface area is 165 Å². The largest absolute Gasteiger partial charge is 0.480 e. The Morgan fingerprint density at radius 2 is 1.55 bits per heavy atom. The van der Waals surface area contributed by atoms with Crippen molar-refractivity contribution in [2.75, 3.05) is 19.7 Å². The van der Waals surface area contributed by atoms with E-state index in [2.05, 4.69) is 21.3 Å². The molecule has 0 aromatic carbocycles. The molecular weight excluding hydrogens is 392 g/mol. The summed E-state index contributed by atoms with van der Waals surface area (Å²) in [5, 5.41) is 26.6. The number of aliphatic hydroxyl groups is 1. The number of carboxylic acids is 1. The molecule has 5 amide bonds. The molecule has 14 heteroatoms. The Hall–Kier alpha value is -3.26. The van der Waals surface area contributed by atoms with E-state index in [1.165, 1.54) is 6.92 Å². The molecule has 10 N–H and O–H groups in total. The van der Waals surface area contributed by atoms with Crippen molar-refractivity contribution >= 4 is 35.5 Å². The van der Waals surface area contributed by atoms with Crippen LogP contribution in [0.2, 0.25) is 0 Å². The molecule has 0 aromatic heterocycles. The number of carbonyl (C=O) groups excluding carboxylic acids is 5. The highest BCUT2D eigenvalue weighted by molar-refractivity contribution is 5.94. The number of amides is 5. The SMILES string of the molecule is C[C@H](NC(=O)CNC(=O)[C@H](CCC(N)=O)NC(=O)[C@H](CO)NC(=O)CN)C(=O)O. The lowest BCUT2D eigenvalue weighted by atomic mass is 10.1. The highest BCUT2D eigenvalue weighted by Gasteiger charge is 2.27. The molecule has 0 saturated carbocycles. The van der Waals surface area contributed by atoms with Gasteiger partial charge in [0.25, 0.3) is 0 Å². The molecule has 3 atom stereocenters. The van der Waals surface area contributed by atoms with Gasteiger partial charge in [-0.3, -0.25) is 28.8 Å². The first-order valence-electron chi connectivity index (χ1n) is 8.50. The number of aliphatic hydroxyl groups excluding tert-OH is 1. The number of hydrogen-bond donors (Lipinski definition) is 8. The molecule has 14 nitrogen and oxygen atoms in total. The fourth-order valence-corrected chi connectivity index (χ4v) is 1.92. The van der Waals surface area contributed by atoms with Crippen LogP contribution in [0.25, 0.3) is 0 Å². The van der Waals surface area contributed by atoms with Gasteiger partial charge in [0.15, 0.2) is 0 Å². The van der Waals surface area contributed by atoms with Gasteiger partial charge in [0, 0.05) is 6.42 Å². The zero-order valence-corrected chi connectivity index (χ0v) is 15.8. The number of carbonyl (C=O) groups is 6. The van der Waals surface area contributed by atoms with E-state index in [1.54, 1.807) is 0 Å². The number of aliphatic carboxylic acids is 1. The lowest BCUT2D eigenvalue weighted by Gasteiger charge is -2.22. The molecule has 0 rings (SSSR count). The van der Waals surface area contributed by atoms with Gasteiger partial charge < -0.3 is 42.9 Å². The van der Waals surface area contributed by atoms with E-state index in [9.17, 15) is 33.9 Å². The fraction of sp³-hybridized carbons (Fsp3) is 0.600. The van der Waals surface area contributed by atoms with Crippen molar-refractivity contribution in [3.63, 3.8) is 0 Å². The van der Waals surface area contributed by atoms with Crippen LogP contribution in [-0.2, 0) is 28.8 Å². The van der Waals surface area contributed by atoms with E-state index < -0.39 is 73.3 Å². The maximum atomic E-state index is 12.3. The zero-order chi connectivity index (χ0) is 22.6. The van der Waals surface area contributed by atoms with Gasteiger partial charge in [0.05, 0.1) is 19.7 Å². The van der Waals surface area contributed by atoms with Gasteiger partial charge in [-0.15, -0.1) is 0 Å². The second-order valence-corrected chi connectivity index (χ2v) is 5.92. The maximum absolute atomic E-state index is 12.3. The summed E-state index contributed by atoms with van der Waals surface area (Å²) in [6.07, 6.45) is -0.497. The highest BCUT2D eigenvalue weighted by atomic mass is 16.4. The van der Waals surface area contributed by atoms with Gasteiger partial charge in [-0.1, -0.05) is 0 Å². The Kier molecular flexibility index (Phi) is 11.5. The van der Waals surface area contributed by atoms with Crippen LogP contribution in [0.5, 0.6) is 0 Å². The van der Waals surface area contributed by atoms with Crippen molar-refractivity contribution in [1.29, 1.82) is 0 Å². The summed E-state index contributed by atoms with van der Waals surface area (Å²) in [5.41, 5.74) is 10.1. The molecule has 0 aliphatic rings. The topological polar surface area (TPSA) is 243 Å². The van der Waals surface area contributed by atoms with Gasteiger partial charge in [-0.05, 0) is 13.3 Å². The van der Waals surface area contributed by atoms with Crippen LogP contribution in [0.4, 0.5) is 0 Å². The number of hydrogen-bond acceptors (Lipinski definition) is 8. The minimum Gasteiger partial charge on any atom is -0.480 e. The van der Waals surface area contributed by atoms with Crippen molar-refractivity contribution in [2.24, 2.45) is 11.5 Å². The molecule has 29 heavy (non-hydrogen) atoms. The Balaban J connectivity index is 4.97. The third-order valence-electron chi connectivity index (χ3n) is 3.50. The second-order valence-electron chi connectivity index (χ2n) is 5.92. The molecule has 0 aliphatic heterocycles. The molecule has 0 aromatic rings. The third-order valence-corrected chi connectivity index (χ3v) is 3.50. The van der Waals surface area contributed by atoms with Crippen LogP contribution in [0.1, 0.15) is 19.8 Å². The molecule has 0 unspecified atom stereocenters. The number of nitrogens with one attached hydrogen (secondary N) is 4. The molecule has 0 bridgehead atoms. The van der Waals surface area contributed by atoms with Crippen molar-refractivity contribution in [2.45, 2.75) is 37.9 Å². The minimum atomic E-state index is -1.39. The molecule has 0 aliphatic carbocycles. The van der Waals surface area contributed by atoms with E-state index >= 15 is 0 Å². The summed E-state index contributed by atoms with van der Waals surface area (Å²) in [5.74, 6) is -5.33. The maximum Gasteiger partial charge on any atom is 0.325 e. The molecule has 0 spiro atoms. The van der Waals surface area contributed by atoms with E-state index in [4.69, 9.17) is 16.6 Å². The van der Waals surface area contributed by atoms with Gasteiger partial charge in [0.2, 0.25) is 29.5 Å². The zero-order valence-electron chi connectivity index (χ0n) is 15.8. The Morgan fingerprint density at radius 1 is 0.931 bits per heavy atom. The standard InChI is InChI=1S/C15H26N6O8/c1-7(15(28)29)19-12(25)5-18-13(26)8(2-3-10(17)23)21-14(27)9(6-22)20-11(24)4-16/h7-9,22H,2-6,16H2,1H3,(H2,17,23)(H,18,26)(H,19,25)(H,20,24)(H,21,27)(H,28,29)/t7-,8-,9-/m0/s1. The van der Waals surface area contributed by atoms with Crippen LogP contribution >= 0.6 is 0 Å². The summed E-state index contributed by atoms with van der Waals surface area (Å²) in [4.78, 5) is 69.0. The van der Waals surface area contributed by atoms with Crippen LogP contribution in [-0.4, -0.2) is 83.5 Å². The van der Waals surface area contributed by atoms with Crippen LogP contribution in [0.15, 0.2) is 0 Å². The van der Waals surface area contributed by atoms with Crippen molar-refractivity contribution in [3.8, 4) is 0 Å². The van der Waals surface area contributed by atoms with Crippen molar-refractivity contribution in [3.05, 3.63) is 0 Å². The second kappa shape index (κ2) is 13.0. The summed E-state index contributed by atoms with van der Waals surface area (Å²) < 4.78 is 0. The number of rotatable bonds is 13. The first kappa shape index (κ1) is 25.7. The first-order valence-corrected chi connectivity index (χ1v) is 8.50. The molecular formula is C15H26N6O8. The molecule has 0 saturated heterocycles.